The molecular formula is C9H9IO. The minimum Gasteiger partial charge on any atom is -0.497 e. The minimum atomic E-state index is 0.899. The molecule has 0 aliphatic heterocycles. The summed E-state index contributed by atoms with van der Waals surface area (Å²) >= 11 is 2.20. The topological polar surface area (TPSA) is 9.23 Å². The Morgan fingerprint density at radius 1 is 1.27 bits per heavy atom. The van der Waals surface area contributed by atoms with Gasteiger partial charge < -0.3 is 4.74 Å². The van der Waals surface area contributed by atoms with E-state index in [1.165, 1.54) is 5.56 Å². The normalized spacial score (nSPS) is 10.4. The fraction of sp³-hybridized carbons (Fsp3) is 0.111. The van der Waals surface area contributed by atoms with Crippen LogP contribution in [0.1, 0.15) is 5.56 Å². The number of halogens is 1. The lowest BCUT2D eigenvalue weighted by atomic mass is 10.2. The van der Waals surface area contributed by atoms with E-state index in [-0.39, 0.29) is 0 Å². The highest BCUT2D eigenvalue weighted by atomic mass is 127. The van der Waals surface area contributed by atoms with Crippen molar-refractivity contribution in [1.29, 1.82) is 0 Å². The summed E-state index contributed by atoms with van der Waals surface area (Å²) in [6.45, 7) is 0. The third kappa shape index (κ3) is 2.54. The first-order chi connectivity index (χ1) is 5.36. The SMILES string of the molecule is COc1ccc(/C=C\I)cc1. The van der Waals surface area contributed by atoms with Crippen molar-refractivity contribution >= 4 is 28.7 Å². The third-order valence-corrected chi connectivity index (χ3v) is 1.73. The monoisotopic (exact) mass is 260 g/mol. The van der Waals surface area contributed by atoms with Crippen LogP contribution in [0.4, 0.5) is 0 Å². The summed E-state index contributed by atoms with van der Waals surface area (Å²) in [5.41, 5.74) is 1.19. The molecule has 0 fully saturated rings. The maximum absolute atomic E-state index is 5.02. The van der Waals surface area contributed by atoms with Gasteiger partial charge in [-0.15, -0.1) is 0 Å². The number of rotatable bonds is 2. The van der Waals surface area contributed by atoms with E-state index in [0.29, 0.717) is 0 Å². The highest BCUT2D eigenvalue weighted by molar-refractivity contribution is 14.1. The molecule has 0 atom stereocenters. The van der Waals surface area contributed by atoms with Gasteiger partial charge in [0, 0.05) is 0 Å². The van der Waals surface area contributed by atoms with Crippen LogP contribution in [-0.2, 0) is 0 Å². The Bertz CT molecular complexity index is 238. The van der Waals surface area contributed by atoms with Crippen LogP contribution >= 0.6 is 22.6 Å². The Balaban J connectivity index is 2.82. The van der Waals surface area contributed by atoms with Crippen LogP contribution in [0.3, 0.4) is 0 Å². The van der Waals surface area contributed by atoms with E-state index in [0.717, 1.165) is 5.75 Å². The molecule has 0 aliphatic carbocycles. The van der Waals surface area contributed by atoms with Crippen LogP contribution in [-0.4, -0.2) is 7.11 Å². The molecule has 0 bridgehead atoms. The van der Waals surface area contributed by atoms with Crippen LogP contribution in [0.2, 0.25) is 0 Å². The van der Waals surface area contributed by atoms with Gasteiger partial charge in [0.2, 0.25) is 0 Å². The highest BCUT2D eigenvalue weighted by Crippen LogP contribution is 2.12. The van der Waals surface area contributed by atoms with Crippen LogP contribution < -0.4 is 4.74 Å². The smallest absolute Gasteiger partial charge is 0.118 e. The Labute approximate surface area is 80.2 Å². The molecule has 0 saturated heterocycles. The molecule has 2 heteroatoms. The van der Waals surface area contributed by atoms with Gasteiger partial charge in [-0.3, -0.25) is 0 Å². The molecule has 0 aromatic heterocycles. The lowest BCUT2D eigenvalue weighted by molar-refractivity contribution is 0.415. The van der Waals surface area contributed by atoms with Crippen molar-refractivity contribution in [3.63, 3.8) is 0 Å². The molecule has 1 rings (SSSR count). The fourth-order valence-electron chi connectivity index (χ4n) is 0.788. The molecular weight excluding hydrogens is 251 g/mol. The molecule has 0 heterocycles. The summed E-state index contributed by atoms with van der Waals surface area (Å²) in [4.78, 5) is 0. The quantitative estimate of drug-likeness (QED) is 0.742. The standard InChI is InChI=1S/C9H9IO/c1-11-9-4-2-8(3-5-9)6-7-10/h2-7H,1H3/b7-6-. The van der Waals surface area contributed by atoms with Gasteiger partial charge in [0.15, 0.2) is 0 Å². The molecule has 0 unspecified atom stereocenters. The van der Waals surface area contributed by atoms with E-state index in [1.54, 1.807) is 7.11 Å². The first-order valence-corrected chi connectivity index (χ1v) is 4.52. The summed E-state index contributed by atoms with van der Waals surface area (Å²) in [7, 11) is 1.67. The summed E-state index contributed by atoms with van der Waals surface area (Å²) in [5, 5.41) is 0. The average molecular weight is 260 g/mol. The molecule has 0 N–H and O–H groups in total. The van der Waals surface area contributed by atoms with E-state index in [2.05, 4.69) is 22.6 Å². The van der Waals surface area contributed by atoms with Crippen molar-refractivity contribution in [1.82, 2.24) is 0 Å². The average Bonchev–Trinajstić information content (AvgIpc) is 2.07. The van der Waals surface area contributed by atoms with Crippen molar-refractivity contribution < 1.29 is 4.74 Å². The van der Waals surface area contributed by atoms with Crippen LogP contribution in [0, 0.1) is 0 Å². The zero-order valence-corrected chi connectivity index (χ0v) is 8.41. The van der Waals surface area contributed by atoms with Crippen molar-refractivity contribution in [2.24, 2.45) is 0 Å². The maximum atomic E-state index is 5.02. The highest BCUT2D eigenvalue weighted by Gasteiger charge is 1.88. The van der Waals surface area contributed by atoms with E-state index in [1.807, 2.05) is 34.4 Å². The first-order valence-electron chi connectivity index (χ1n) is 3.27. The third-order valence-electron chi connectivity index (χ3n) is 1.37. The second kappa shape index (κ2) is 4.38. The number of hydrogen-bond donors (Lipinski definition) is 0. The number of benzene rings is 1. The molecule has 0 amide bonds. The van der Waals surface area contributed by atoms with Crippen LogP contribution in [0.25, 0.3) is 6.08 Å². The van der Waals surface area contributed by atoms with Crippen molar-refractivity contribution in [2.45, 2.75) is 0 Å². The van der Waals surface area contributed by atoms with E-state index >= 15 is 0 Å². The summed E-state index contributed by atoms with van der Waals surface area (Å²) in [6, 6.07) is 7.94. The Morgan fingerprint density at radius 2 is 1.91 bits per heavy atom. The Morgan fingerprint density at radius 3 is 2.36 bits per heavy atom. The molecule has 1 nitrogen and oxygen atoms in total. The molecule has 1 aromatic rings. The fourth-order valence-corrected chi connectivity index (χ4v) is 1.20. The van der Waals surface area contributed by atoms with Crippen molar-refractivity contribution in [3.8, 4) is 5.75 Å². The lowest BCUT2D eigenvalue weighted by Crippen LogP contribution is -1.80. The minimum absolute atomic E-state index is 0.899. The van der Waals surface area contributed by atoms with E-state index in [4.69, 9.17) is 4.74 Å². The number of methoxy groups -OCH3 is 1. The molecule has 0 aliphatic rings. The predicted octanol–water partition coefficient (Wildman–Crippen LogP) is 3.10. The first kappa shape index (κ1) is 8.59. The zero-order chi connectivity index (χ0) is 8.10. The van der Waals surface area contributed by atoms with Gasteiger partial charge in [-0.25, -0.2) is 0 Å². The van der Waals surface area contributed by atoms with E-state index in [9.17, 15) is 0 Å². The summed E-state index contributed by atoms with van der Waals surface area (Å²) < 4.78 is 7.01. The van der Waals surface area contributed by atoms with Gasteiger partial charge >= 0.3 is 0 Å². The maximum Gasteiger partial charge on any atom is 0.118 e. The second-order valence-electron chi connectivity index (χ2n) is 2.07. The van der Waals surface area contributed by atoms with Gasteiger partial charge in [0.25, 0.3) is 0 Å². The molecule has 11 heavy (non-hydrogen) atoms. The largest absolute Gasteiger partial charge is 0.497 e. The molecule has 0 saturated carbocycles. The van der Waals surface area contributed by atoms with Gasteiger partial charge in [0.05, 0.1) is 7.11 Å². The van der Waals surface area contributed by atoms with Crippen molar-refractivity contribution in [3.05, 3.63) is 33.9 Å². The molecule has 58 valence electrons. The molecule has 0 spiro atoms. The number of ether oxygens (including phenoxy) is 1. The van der Waals surface area contributed by atoms with E-state index < -0.39 is 0 Å². The van der Waals surface area contributed by atoms with Crippen LogP contribution in [0.15, 0.2) is 28.3 Å². The lowest BCUT2D eigenvalue weighted by Gasteiger charge is -1.98. The second-order valence-corrected chi connectivity index (χ2v) is 2.78. The summed E-state index contributed by atoms with van der Waals surface area (Å²) in [6.07, 6.45) is 2.04. The molecule has 0 radical (unpaired) electrons. The Hall–Kier alpha value is -0.510. The zero-order valence-electron chi connectivity index (χ0n) is 6.25. The summed E-state index contributed by atoms with van der Waals surface area (Å²) in [5.74, 6) is 0.899. The number of hydrogen-bond acceptors (Lipinski definition) is 1. The van der Waals surface area contributed by atoms with Crippen LogP contribution in [0.5, 0.6) is 5.75 Å². The Kier molecular flexibility index (Phi) is 3.42. The van der Waals surface area contributed by atoms with Gasteiger partial charge in [0.1, 0.15) is 5.75 Å². The molecule has 1 aromatic carbocycles. The van der Waals surface area contributed by atoms with Gasteiger partial charge in [-0.2, -0.15) is 0 Å². The van der Waals surface area contributed by atoms with Gasteiger partial charge in [-0.1, -0.05) is 34.7 Å². The van der Waals surface area contributed by atoms with Crippen molar-refractivity contribution in [2.75, 3.05) is 7.11 Å². The van der Waals surface area contributed by atoms with Gasteiger partial charge in [-0.05, 0) is 27.9 Å². The predicted molar refractivity (Wildman–Crippen MR) is 56.0 cm³/mol.